The lowest BCUT2D eigenvalue weighted by Crippen LogP contribution is -2.34. The molecule has 0 amide bonds. The van der Waals surface area contributed by atoms with Crippen LogP contribution in [-0.4, -0.2) is 28.5 Å². The molecular formula is C18H39NO2. The van der Waals surface area contributed by atoms with Crippen molar-refractivity contribution in [2.75, 3.05) is 0 Å². The molecule has 0 aromatic rings. The molecule has 0 saturated carbocycles. The molecule has 21 heavy (non-hydrogen) atoms. The van der Waals surface area contributed by atoms with Gasteiger partial charge in [0.05, 0.1) is 12.2 Å². The van der Waals surface area contributed by atoms with Crippen molar-refractivity contribution < 1.29 is 10.2 Å². The van der Waals surface area contributed by atoms with E-state index >= 15 is 0 Å². The molecular weight excluding hydrogens is 262 g/mol. The number of nitrogens with two attached hydrogens (primary N) is 1. The quantitative estimate of drug-likeness (QED) is 0.398. The summed E-state index contributed by atoms with van der Waals surface area (Å²) in [6, 6.07) is -0.253. The molecule has 128 valence electrons. The van der Waals surface area contributed by atoms with Crippen LogP contribution in [0.5, 0.6) is 0 Å². The molecule has 0 fully saturated rings. The summed E-state index contributed by atoms with van der Waals surface area (Å²) >= 11 is 0. The second kappa shape index (κ2) is 14.8. The summed E-state index contributed by atoms with van der Waals surface area (Å²) in [6.07, 6.45) is 14.7. The van der Waals surface area contributed by atoms with Crippen LogP contribution < -0.4 is 5.73 Å². The minimum atomic E-state index is -0.576. The first-order valence-electron chi connectivity index (χ1n) is 9.19. The Morgan fingerprint density at radius 3 is 1.62 bits per heavy atom. The first-order valence-corrected chi connectivity index (χ1v) is 9.19. The smallest absolute Gasteiger partial charge is 0.0712 e. The summed E-state index contributed by atoms with van der Waals surface area (Å²) < 4.78 is 0. The summed E-state index contributed by atoms with van der Waals surface area (Å²) in [5, 5.41) is 19.4. The van der Waals surface area contributed by atoms with Crippen LogP contribution in [0.1, 0.15) is 97.3 Å². The van der Waals surface area contributed by atoms with Gasteiger partial charge >= 0.3 is 0 Å². The molecule has 0 radical (unpaired) electrons. The molecule has 4 N–H and O–H groups in total. The second-order valence-electron chi connectivity index (χ2n) is 6.64. The largest absolute Gasteiger partial charge is 0.393 e. The van der Waals surface area contributed by atoms with Gasteiger partial charge in [0.15, 0.2) is 0 Å². The molecule has 0 aliphatic heterocycles. The number of unbranched alkanes of at least 4 members (excludes halogenated alkanes) is 10. The lowest BCUT2D eigenvalue weighted by molar-refractivity contribution is 0.0629. The van der Waals surface area contributed by atoms with Crippen LogP contribution in [0, 0.1) is 0 Å². The Morgan fingerprint density at radius 2 is 1.19 bits per heavy atom. The third kappa shape index (κ3) is 14.6. The summed E-state index contributed by atoms with van der Waals surface area (Å²) in [7, 11) is 0. The molecule has 0 aromatic heterocycles. The Hall–Kier alpha value is -0.120. The van der Waals surface area contributed by atoms with E-state index in [0.29, 0.717) is 6.42 Å². The topological polar surface area (TPSA) is 66.5 Å². The van der Waals surface area contributed by atoms with E-state index in [4.69, 9.17) is 5.73 Å². The third-order valence-electron chi connectivity index (χ3n) is 4.26. The van der Waals surface area contributed by atoms with Crippen molar-refractivity contribution in [3.63, 3.8) is 0 Å². The van der Waals surface area contributed by atoms with Crippen LogP contribution in [0.3, 0.4) is 0 Å². The Labute approximate surface area is 132 Å². The first kappa shape index (κ1) is 20.9. The summed E-state index contributed by atoms with van der Waals surface area (Å²) in [4.78, 5) is 0. The predicted octanol–water partition coefficient (Wildman–Crippen LogP) is 4.15. The zero-order valence-corrected chi connectivity index (χ0v) is 14.4. The van der Waals surface area contributed by atoms with Gasteiger partial charge in [0, 0.05) is 12.5 Å². The highest BCUT2D eigenvalue weighted by Crippen LogP contribution is 2.14. The van der Waals surface area contributed by atoms with E-state index in [1.54, 1.807) is 6.92 Å². The van der Waals surface area contributed by atoms with Gasteiger partial charge in [-0.3, -0.25) is 0 Å². The van der Waals surface area contributed by atoms with E-state index in [0.717, 1.165) is 12.8 Å². The fourth-order valence-corrected chi connectivity index (χ4v) is 2.66. The molecule has 0 rings (SSSR count). The molecule has 0 heterocycles. The molecule has 0 saturated heterocycles. The van der Waals surface area contributed by atoms with Crippen molar-refractivity contribution in [2.24, 2.45) is 5.73 Å². The normalized spacial score (nSPS) is 15.9. The molecule has 0 aromatic carbocycles. The van der Waals surface area contributed by atoms with Crippen LogP contribution in [0.15, 0.2) is 0 Å². The van der Waals surface area contributed by atoms with E-state index in [2.05, 4.69) is 6.92 Å². The zero-order valence-electron chi connectivity index (χ0n) is 14.4. The highest BCUT2D eigenvalue weighted by molar-refractivity contribution is 4.70. The Bertz CT molecular complexity index is 209. The van der Waals surface area contributed by atoms with Crippen LogP contribution in [0.4, 0.5) is 0 Å². The van der Waals surface area contributed by atoms with E-state index in [9.17, 15) is 10.2 Å². The lowest BCUT2D eigenvalue weighted by atomic mass is 10.0. The Kier molecular flexibility index (Phi) is 14.7. The zero-order chi connectivity index (χ0) is 15.9. The standard InChI is InChI=1S/C18H39NO2/c1-3-4-5-6-7-8-9-10-11-12-13-14-17(20)15-18(21)16(2)19/h16-18,20-21H,3-15,19H2,1-2H3/t16-,17+,18+/m1/s1. The van der Waals surface area contributed by atoms with Crippen LogP contribution in [-0.2, 0) is 0 Å². The highest BCUT2D eigenvalue weighted by atomic mass is 16.3. The lowest BCUT2D eigenvalue weighted by Gasteiger charge is -2.18. The van der Waals surface area contributed by atoms with Gasteiger partial charge < -0.3 is 15.9 Å². The van der Waals surface area contributed by atoms with E-state index in [-0.39, 0.29) is 6.04 Å². The van der Waals surface area contributed by atoms with Gasteiger partial charge in [0.25, 0.3) is 0 Å². The fraction of sp³-hybridized carbons (Fsp3) is 1.00. The van der Waals surface area contributed by atoms with Crippen molar-refractivity contribution in [1.29, 1.82) is 0 Å². The molecule has 0 unspecified atom stereocenters. The van der Waals surface area contributed by atoms with Gasteiger partial charge in [-0.1, -0.05) is 77.6 Å². The highest BCUT2D eigenvalue weighted by Gasteiger charge is 2.14. The van der Waals surface area contributed by atoms with E-state index in [1.807, 2.05) is 0 Å². The number of rotatable bonds is 15. The Balaban J connectivity index is 3.21. The Morgan fingerprint density at radius 1 is 0.762 bits per heavy atom. The maximum atomic E-state index is 9.80. The molecule has 0 aliphatic carbocycles. The van der Waals surface area contributed by atoms with Gasteiger partial charge in [-0.2, -0.15) is 0 Å². The average molecular weight is 302 g/mol. The molecule has 0 aliphatic rings. The fourth-order valence-electron chi connectivity index (χ4n) is 2.66. The maximum Gasteiger partial charge on any atom is 0.0712 e. The van der Waals surface area contributed by atoms with Crippen LogP contribution in [0.2, 0.25) is 0 Å². The monoisotopic (exact) mass is 301 g/mol. The molecule has 3 nitrogen and oxygen atoms in total. The first-order chi connectivity index (χ1) is 10.1. The van der Waals surface area contributed by atoms with Gasteiger partial charge in [-0.25, -0.2) is 0 Å². The van der Waals surface area contributed by atoms with Crippen LogP contribution >= 0.6 is 0 Å². The number of aliphatic hydroxyl groups is 2. The minimum absolute atomic E-state index is 0.253. The number of hydrogen-bond donors (Lipinski definition) is 3. The SMILES string of the molecule is CCCCCCCCCCCCC[C@H](O)C[C@H](O)[C@@H](C)N. The number of aliphatic hydroxyl groups excluding tert-OH is 2. The predicted molar refractivity (Wildman–Crippen MR) is 91.4 cm³/mol. The second-order valence-corrected chi connectivity index (χ2v) is 6.64. The molecule has 0 spiro atoms. The van der Waals surface area contributed by atoms with Gasteiger partial charge in [-0.05, 0) is 13.3 Å². The maximum absolute atomic E-state index is 9.80. The van der Waals surface area contributed by atoms with Crippen molar-refractivity contribution in [3.8, 4) is 0 Å². The van der Waals surface area contributed by atoms with E-state index in [1.165, 1.54) is 64.2 Å². The average Bonchev–Trinajstić information content (AvgIpc) is 2.44. The summed E-state index contributed by atoms with van der Waals surface area (Å²) in [5.74, 6) is 0. The van der Waals surface area contributed by atoms with Crippen molar-refractivity contribution in [3.05, 3.63) is 0 Å². The number of hydrogen-bond acceptors (Lipinski definition) is 3. The molecule has 0 bridgehead atoms. The molecule has 3 heteroatoms. The van der Waals surface area contributed by atoms with Crippen molar-refractivity contribution in [2.45, 2.75) is 116 Å². The minimum Gasteiger partial charge on any atom is -0.393 e. The van der Waals surface area contributed by atoms with Gasteiger partial charge in [-0.15, -0.1) is 0 Å². The van der Waals surface area contributed by atoms with E-state index < -0.39 is 12.2 Å². The van der Waals surface area contributed by atoms with Crippen molar-refractivity contribution in [1.82, 2.24) is 0 Å². The third-order valence-corrected chi connectivity index (χ3v) is 4.26. The van der Waals surface area contributed by atoms with Crippen molar-refractivity contribution >= 4 is 0 Å². The van der Waals surface area contributed by atoms with Gasteiger partial charge in [0.1, 0.15) is 0 Å². The van der Waals surface area contributed by atoms with Crippen LogP contribution in [0.25, 0.3) is 0 Å². The summed E-state index contributed by atoms with van der Waals surface area (Å²) in [5.41, 5.74) is 5.58. The molecule has 3 atom stereocenters. The van der Waals surface area contributed by atoms with Gasteiger partial charge in [0.2, 0.25) is 0 Å². The summed E-state index contributed by atoms with van der Waals surface area (Å²) in [6.45, 7) is 4.04.